The molecule has 0 aliphatic carbocycles. The summed E-state index contributed by atoms with van der Waals surface area (Å²) in [6.45, 7) is 4.90. The first-order valence-electron chi connectivity index (χ1n) is 7.78. The Morgan fingerprint density at radius 1 is 1.22 bits per heavy atom. The van der Waals surface area contributed by atoms with Crippen molar-refractivity contribution in [2.45, 2.75) is 19.9 Å². The zero-order valence-electron chi connectivity index (χ0n) is 13.4. The highest BCUT2D eigenvalue weighted by molar-refractivity contribution is 5.80. The topological polar surface area (TPSA) is 82.3 Å². The largest absolute Gasteiger partial charge is 0.354 e. The van der Waals surface area contributed by atoms with Crippen LogP contribution in [0.25, 0.3) is 0 Å². The fourth-order valence-electron chi connectivity index (χ4n) is 2.43. The molecular weight excluding hydrogens is 299 g/mol. The second-order valence-electron chi connectivity index (χ2n) is 5.90. The molecule has 0 aromatic heterocycles. The van der Waals surface area contributed by atoms with Gasteiger partial charge in [-0.3, -0.25) is 15.0 Å². The smallest absolute Gasteiger partial charge is 0.226 e. The summed E-state index contributed by atoms with van der Waals surface area (Å²) in [5.74, 6) is -0.803. The quantitative estimate of drug-likeness (QED) is 0.574. The number of hydrogen-bond donors (Lipinski definition) is 4. The SMILES string of the molecule is CC(C)C(=O)NCCNC(=O)C1CNNC1c1ccc(F)cc1. The van der Waals surface area contributed by atoms with Gasteiger partial charge in [0.2, 0.25) is 11.8 Å². The lowest BCUT2D eigenvalue weighted by Gasteiger charge is -2.18. The maximum absolute atomic E-state index is 13.0. The van der Waals surface area contributed by atoms with Gasteiger partial charge < -0.3 is 10.6 Å². The molecule has 1 fully saturated rings. The Morgan fingerprint density at radius 3 is 2.52 bits per heavy atom. The number of benzene rings is 1. The highest BCUT2D eigenvalue weighted by Crippen LogP contribution is 2.25. The van der Waals surface area contributed by atoms with E-state index in [4.69, 9.17) is 0 Å². The molecule has 0 radical (unpaired) electrons. The third-order valence-corrected chi connectivity index (χ3v) is 3.80. The van der Waals surface area contributed by atoms with Crippen LogP contribution in [0.2, 0.25) is 0 Å². The molecular formula is C16H23FN4O2. The van der Waals surface area contributed by atoms with Crippen molar-refractivity contribution in [3.05, 3.63) is 35.6 Å². The summed E-state index contributed by atoms with van der Waals surface area (Å²) in [6, 6.07) is 5.89. The van der Waals surface area contributed by atoms with E-state index in [0.717, 1.165) is 5.56 Å². The van der Waals surface area contributed by atoms with Crippen LogP contribution in [0.3, 0.4) is 0 Å². The molecule has 2 amide bonds. The van der Waals surface area contributed by atoms with Gasteiger partial charge >= 0.3 is 0 Å². The summed E-state index contributed by atoms with van der Waals surface area (Å²) in [5.41, 5.74) is 6.86. The van der Waals surface area contributed by atoms with Crippen LogP contribution >= 0.6 is 0 Å². The molecule has 1 heterocycles. The second-order valence-corrected chi connectivity index (χ2v) is 5.90. The summed E-state index contributed by atoms with van der Waals surface area (Å²) >= 11 is 0. The highest BCUT2D eigenvalue weighted by Gasteiger charge is 2.33. The fourth-order valence-corrected chi connectivity index (χ4v) is 2.43. The molecule has 7 heteroatoms. The van der Waals surface area contributed by atoms with E-state index in [1.165, 1.54) is 12.1 Å². The van der Waals surface area contributed by atoms with Crippen molar-refractivity contribution in [3.8, 4) is 0 Å². The van der Waals surface area contributed by atoms with E-state index >= 15 is 0 Å². The van der Waals surface area contributed by atoms with E-state index < -0.39 is 0 Å². The molecule has 0 saturated carbocycles. The maximum atomic E-state index is 13.0. The number of hydrogen-bond acceptors (Lipinski definition) is 4. The van der Waals surface area contributed by atoms with E-state index in [9.17, 15) is 14.0 Å². The van der Waals surface area contributed by atoms with Crippen LogP contribution in [-0.4, -0.2) is 31.4 Å². The molecule has 1 aromatic rings. The zero-order chi connectivity index (χ0) is 16.8. The third-order valence-electron chi connectivity index (χ3n) is 3.80. The third kappa shape index (κ3) is 4.74. The molecule has 4 N–H and O–H groups in total. The Kier molecular flexibility index (Phi) is 6.06. The molecule has 2 unspecified atom stereocenters. The minimum atomic E-state index is -0.304. The van der Waals surface area contributed by atoms with Crippen molar-refractivity contribution >= 4 is 11.8 Å². The minimum Gasteiger partial charge on any atom is -0.354 e. The predicted molar refractivity (Wildman–Crippen MR) is 84.6 cm³/mol. The number of halogens is 1. The first-order chi connectivity index (χ1) is 11.0. The first kappa shape index (κ1) is 17.4. The van der Waals surface area contributed by atoms with Gasteiger partial charge in [-0.2, -0.15) is 0 Å². The summed E-state index contributed by atoms with van der Waals surface area (Å²) in [6.07, 6.45) is 0. The van der Waals surface area contributed by atoms with E-state index in [-0.39, 0.29) is 35.5 Å². The molecule has 1 aliphatic rings. The van der Waals surface area contributed by atoms with Crippen LogP contribution in [0, 0.1) is 17.7 Å². The van der Waals surface area contributed by atoms with Gasteiger partial charge in [0.1, 0.15) is 5.82 Å². The van der Waals surface area contributed by atoms with Crippen molar-refractivity contribution in [1.29, 1.82) is 0 Å². The van der Waals surface area contributed by atoms with Crippen LogP contribution in [0.1, 0.15) is 25.5 Å². The average molecular weight is 322 g/mol. The number of carbonyl (C=O) groups is 2. The second kappa shape index (κ2) is 8.03. The minimum absolute atomic E-state index is 0.0346. The predicted octanol–water partition coefficient (Wildman–Crippen LogP) is 0.479. The Labute approximate surface area is 135 Å². The lowest BCUT2D eigenvalue weighted by atomic mass is 9.94. The summed E-state index contributed by atoms with van der Waals surface area (Å²) < 4.78 is 13.0. The van der Waals surface area contributed by atoms with E-state index in [1.54, 1.807) is 12.1 Å². The highest BCUT2D eigenvalue weighted by atomic mass is 19.1. The van der Waals surface area contributed by atoms with Crippen LogP contribution in [-0.2, 0) is 9.59 Å². The van der Waals surface area contributed by atoms with E-state index in [1.807, 2.05) is 13.8 Å². The number of carbonyl (C=O) groups excluding carboxylic acids is 2. The molecule has 126 valence electrons. The molecule has 2 atom stereocenters. The van der Waals surface area contributed by atoms with Gasteiger partial charge in [0.05, 0.1) is 12.0 Å². The number of nitrogens with one attached hydrogen (secondary N) is 4. The summed E-state index contributed by atoms with van der Waals surface area (Å²) in [4.78, 5) is 23.7. The monoisotopic (exact) mass is 322 g/mol. The van der Waals surface area contributed by atoms with Gasteiger partial charge in [0.15, 0.2) is 0 Å². The van der Waals surface area contributed by atoms with Crippen LogP contribution in [0.5, 0.6) is 0 Å². The Morgan fingerprint density at radius 2 is 1.87 bits per heavy atom. The number of hydrazine groups is 1. The molecule has 23 heavy (non-hydrogen) atoms. The van der Waals surface area contributed by atoms with Crippen molar-refractivity contribution in [1.82, 2.24) is 21.5 Å². The normalized spacial score (nSPS) is 20.5. The van der Waals surface area contributed by atoms with Crippen LogP contribution in [0.15, 0.2) is 24.3 Å². The molecule has 0 spiro atoms. The molecule has 1 saturated heterocycles. The maximum Gasteiger partial charge on any atom is 0.226 e. The summed E-state index contributed by atoms with van der Waals surface area (Å²) in [5, 5.41) is 5.57. The number of amides is 2. The lowest BCUT2D eigenvalue weighted by molar-refractivity contribution is -0.126. The zero-order valence-corrected chi connectivity index (χ0v) is 13.4. The van der Waals surface area contributed by atoms with Gasteiger partial charge in [-0.25, -0.2) is 9.82 Å². The average Bonchev–Trinajstić information content (AvgIpc) is 3.01. The van der Waals surface area contributed by atoms with Crippen molar-refractivity contribution in [2.24, 2.45) is 11.8 Å². The molecule has 0 bridgehead atoms. The standard InChI is InChI=1S/C16H23FN4O2/c1-10(2)15(22)18-7-8-19-16(23)13-9-20-21-14(13)11-3-5-12(17)6-4-11/h3-6,10,13-14,20-21H,7-9H2,1-2H3,(H,18,22)(H,19,23). The molecule has 2 rings (SSSR count). The van der Waals surface area contributed by atoms with Crippen molar-refractivity contribution < 1.29 is 14.0 Å². The molecule has 1 aromatic carbocycles. The van der Waals surface area contributed by atoms with E-state index in [0.29, 0.717) is 19.6 Å². The summed E-state index contributed by atoms with van der Waals surface area (Å²) in [7, 11) is 0. The van der Waals surface area contributed by atoms with Gasteiger partial charge in [0, 0.05) is 25.6 Å². The van der Waals surface area contributed by atoms with Gasteiger partial charge in [-0.05, 0) is 17.7 Å². The van der Waals surface area contributed by atoms with Crippen LogP contribution < -0.4 is 21.5 Å². The number of rotatable bonds is 6. The molecule has 1 aliphatic heterocycles. The molecule has 6 nitrogen and oxygen atoms in total. The van der Waals surface area contributed by atoms with E-state index in [2.05, 4.69) is 21.5 Å². The fraction of sp³-hybridized carbons (Fsp3) is 0.500. The Hall–Kier alpha value is -1.99. The van der Waals surface area contributed by atoms with Crippen molar-refractivity contribution in [2.75, 3.05) is 19.6 Å². The van der Waals surface area contributed by atoms with Gasteiger partial charge in [0.25, 0.3) is 0 Å². The lowest BCUT2D eigenvalue weighted by Crippen LogP contribution is -2.40. The van der Waals surface area contributed by atoms with Crippen molar-refractivity contribution in [3.63, 3.8) is 0 Å². The van der Waals surface area contributed by atoms with Gasteiger partial charge in [-0.1, -0.05) is 26.0 Å². The van der Waals surface area contributed by atoms with Gasteiger partial charge in [-0.15, -0.1) is 0 Å². The Bertz CT molecular complexity index is 548. The van der Waals surface area contributed by atoms with Crippen LogP contribution in [0.4, 0.5) is 4.39 Å². The first-order valence-corrected chi connectivity index (χ1v) is 7.78. The Balaban J connectivity index is 1.83.